The number of carbonyl (C=O) groups excluding carboxylic acids is 1. The quantitative estimate of drug-likeness (QED) is 0.456. The van der Waals surface area contributed by atoms with E-state index in [1.807, 2.05) is 0 Å². The van der Waals surface area contributed by atoms with Crippen molar-refractivity contribution in [3.05, 3.63) is 40.5 Å². The molecule has 0 bridgehead atoms. The van der Waals surface area contributed by atoms with Crippen molar-refractivity contribution < 1.29 is 31.5 Å². The van der Waals surface area contributed by atoms with Crippen LogP contribution in [-0.2, 0) is 10.9 Å². The third-order valence-electron chi connectivity index (χ3n) is 4.13. The number of benzene rings is 1. The summed E-state index contributed by atoms with van der Waals surface area (Å²) >= 11 is 0. The van der Waals surface area contributed by atoms with Crippen LogP contribution in [-0.4, -0.2) is 17.5 Å². The summed E-state index contributed by atoms with van der Waals surface area (Å²) in [5.74, 6) is -3.73. The van der Waals surface area contributed by atoms with E-state index in [-0.39, 0.29) is 23.1 Å². The van der Waals surface area contributed by atoms with E-state index in [1.165, 1.54) is 19.1 Å². The summed E-state index contributed by atoms with van der Waals surface area (Å²) in [5.41, 5.74) is -1.66. The lowest BCUT2D eigenvalue weighted by molar-refractivity contribution is -0.138. The number of ether oxygens (including phenoxy) is 1. The molecule has 0 unspecified atom stereocenters. The van der Waals surface area contributed by atoms with Crippen LogP contribution in [0, 0.1) is 6.92 Å². The predicted octanol–water partition coefficient (Wildman–Crippen LogP) is 6.17. The normalized spacial score (nSPS) is 17.7. The number of esters is 1. The molecule has 0 aliphatic heterocycles. The standard InChI is InChI=1S/C19H21F5O2/c1-11-14(19(22,23)24)6-5-13(12-7-9-18(20,21)10-8-12)15(11)16(25)26-17(2,3)4/h5-7H,8-10H2,1-4H3. The van der Waals surface area contributed by atoms with Crippen LogP contribution >= 0.6 is 0 Å². The van der Waals surface area contributed by atoms with E-state index in [0.717, 1.165) is 6.07 Å². The molecule has 144 valence electrons. The molecule has 0 saturated heterocycles. The molecular formula is C19H21F5O2. The molecule has 0 heterocycles. The molecule has 0 saturated carbocycles. The molecule has 1 aromatic rings. The first-order valence-electron chi connectivity index (χ1n) is 8.23. The SMILES string of the molecule is Cc1c(C(F)(F)F)ccc(C2=CCC(F)(F)CC2)c1C(=O)OC(C)(C)C. The van der Waals surface area contributed by atoms with Gasteiger partial charge >= 0.3 is 12.1 Å². The Labute approximate surface area is 149 Å². The predicted molar refractivity (Wildman–Crippen MR) is 88.1 cm³/mol. The first-order chi connectivity index (χ1) is 11.7. The van der Waals surface area contributed by atoms with Crippen LogP contribution in [0.3, 0.4) is 0 Å². The summed E-state index contributed by atoms with van der Waals surface area (Å²) in [6, 6.07) is 2.05. The molecule has 0 amide bonds. The lowest BCUT2D eigenvalue weighted by Gasteiger charge is -2.26. The molecule has 0 spiro atoms. The second kappa shape index (κ2) is 6.67. The summed E-state index contributed by atoms with van der Waals surface area (Å²) in [5, 5.41) is 0. The number of alkyl halides is 5. The van der Waals surface area contributed by atoms with Crippen molar-refractivity contribution in [2.24, 2.45) is 0 Å². The van der Waals surface area contributed by atoms with Crippen LogP contribution in [0.1, 0.15) is 67.1 Å². The highest BCUT2D eigenvalue weighted by atomic mass is 19.4. The molecule has 2 rings (SSSR count). The second-order valence-corrected chi connectivity index (χ2v) is 7.45. The molecule has 26 heavy (non-hydrogen) atoms. The van der Waals surface area contributed by atoms with Crippen molar-refractivity contribution in [2.75, 3.05) is 0 Å². The van der Waals surface area contributed by atoms with Gasteiger partial charge in [-0.15, -0.1) is 0 Å². The Kier molecular flexibility index (Phi) is 5.23. The summed E-state index contributed by atoms with van der Waals surface area (Å²) in [4.78, 5) is 12.6. The molecule has 1 aliphatic rings. The second-order valence-electron chi connectivity index (χ2n) is 7.45. The van der Waals surface area contributed by atoms with Crippen LogP contribution in [0.5, 0.6) is 0 Å². The minimum atomic E-state index is -4.63. The van der Waals surface area contributed by atoms with Gasteiger partial charge in [0, 0.05) is 12.8 Å². The number of rotatable bonds is 2. The number of allylic oxidation sites excluding steroid dienone is 2. The van der Waals surface area contributed by atoms with Crippen LogP contribution in [0.15, 0.2) is 18.2 Å². The van der Waals surface area contributed by atoms with E-state index in [4.69, 9.17) is 4.74 Å². The van der Waals surface area contributed by atoms with Gasteiger partial charge in [0.25, 0.3) is 5.92 Å². The van der Waals surface area contributed by atoms with Gasteiger partial charge in [-0.3, -0.25) is 0 Å². The van der Waals surface area contributed by atoms with E-state index in [2.05, 4.69) is 0 Å². The zero-order valence-corrected chi connectivity index (χ0v) is 15.1. The Morgan fingerprint density at radius 2 is 1.77 bits per heavy atom. The molecule has 0 fully saturated rings. The van der Waals surface area contributed by atoms with E-state index >= 15 is 0 Å². The average Bonchev–Trinajstić information content (AvgIpc) is 2.43. The van der Waals surface area contributed by atoms with E-state index in [9.17, 15) is 26.7 Å². The summed E-state index contributed by atoms with van der Waals surface area (Å²) in [6.07, 6.45) is -4.27. The largest absolute Gasteiger partial charge is 0.456 e. The Balaban J connectivity index is 2.60. The van der Waals surface area contributed by atoms with E-state index in [1.54, 1.807) is 20.8 Å². The minimum Gasteiger partial charge on any atom is -0.456 e. The van der Waals surface area contributed by atoms with Gasteiger partial charge in [-0.05, 0) is 56.9 Å². The van der Waals surface area contributed by atoms with Gasteiger partial charge < -0.3 is 4.74 Å². The lowest BCUT2D eigenvalue weighted by atomic mass is 9.86. The molecular weight excluding hydrogens is 355 g/mol. The Morgan fingerprint density at radius 1 is 1.15 bits per heavy atom. The third-order valence-corrected chi connectivity index (χ3v) is 4.13. The van der Waals surface area contributed by atoms with Crippen molar-refractivity contribution in [3.8, 4) is 0 Å². The fraction of sp³-hybridized carbons (Fsp3) is 0.526. The van der Waals surface area contributed by atoms with Gasteiger partial charge in [-0.2, -0.15) is 13.2 Å². The molecule has 0 N–H and O–H groups in total. The fourth-order valence-electron chi connectivity index (χ4n) is 2.92. The molecule has 7 heteroatoms. The molecule has 0 atom stereocenters. The van der Waals surface area contributed by atoms with Gasteiger partial charge in [-0.25, -0.2) is 13.6 Å². The summed E-state index contributed by atoms with van der Waals surface area (Å²) in [6.45, 7) is 6.01. The number of carbonyl (C=O) groups is 1. The highest BCUT2D eigenvalue weighted by Crippen LogP contribution is 2.41. The lowest BCUT2D eigenvalue weighted by Crippen LogP contribution is -2.26. The van der Waals surface area contributed by atoms with Crippen LogP contribution < -0.4 is 0 Å². The zero-order valence-electron chi connectivity index (χ0n) is 15.1. The molecule has 0 aromatic heterocycles. The summed E-state index contributed by atoms with van der Waals surface area (Å²) in [7, 11) is 0. The van der Waals surface area contributed by atoms with Crippen LogP contribution in [0.25, 0.3) is 5.57 Å². The molecule has 1 aromatic carbocycles. The van der Waals surface area contributed by atoms with Gasteiger partial charge in [-0.1, -0.05) is 12.1 Å². The number of hydrogen-bond donors (Lipinski definition) is 0. The van der Waals surface area contributed by atoms with E-state index in [0.29, 0.717) is 5.57 Å². The average molecular weight is 376 g/mol. The van der Waals surface area contributed by atoms with Crippen molar-refractivity contribution in [2.45, 2.75) is 64.7 Å². The monoisotopic (exact) mass is 376 g/mol. The Morgan fingerprint density at radius 3 is 2.23 bits per heavy atom. The van der Waals surface area contributed by atoms with Crippen molar-refractivity contribution in [3.63, 3.8) is 0 Å². The first kappa shape index (κ1) is 20.4. The van der Waals surface area contributed by atoms with Gasteiger partial charge in [0.15, 0.2) is 0 Å². The highest BCUT2D eigenvalue weighted by molar-refractivity contribution is 5.97. The third kappa shape index (κ3) is 4.62. The smallest absolute Gasteiger partial charge is 0.416 e. The van der Waals surface area contributed by atoms with Crippen molar-refractivity contribution in [1.29, 1.82) is 0 Å². The van der Waals surface area contributed by atoms with Gasteiger partial charge in [0.2, 0.25) is 0 Å². The highest BCUT2D eigenvalue weighted by Gasteiger charge is 2.37. The van der Waals surface area contributed by atoms with Gasteiger partial charge in [0.05, 0.1) is 11.1 Å². The topological polar surface area (TPSA) is 26.3 Å². The minimum absolute atomic E-state index is 0.0202. The van der Waals surface area contributed by atoms with Crippen molar-refractivity contribution >= 4 is 11.5 Å². The van der Waals surface area contributed by atoms with Crippen LogP contribution in [0.4, 0.5) is 22.0 Å². The first-order valence-corrected chi connectivity index (χ1v) is 8.23. The Hall–Kier alpha value is -1.92. The molecule has 2 nitrogen and oxygen atoms in total. The maximum absolute atomic E-state index is 13.4. The van der Waals surface area contributed by atoms with Crippen molar-refractivity contribution in [1.82, 2.24) is 0 Å². The molecule has 0 radical (unpaired) electrons. The van der Waals surface area contributed by atoms with E-state index < -0.39 is 42.1 Å². The number of halogens is 5. The maximum Gasteiger partial charge on any atom is 0.416 e. The fourth-order valence-corrected chi connectivity index (χ4v) is 2.92. The zero-order chi connectivity index (χ0) is 19.9. The maximum atomic E-state index is 13.4. The Bertz CT molecular complexity index is 740. The summed E-state index contributed by atoms with van der Waals surface area (Å²) < 4.78 is 71.8. The molecule has 1 aliphatic carbocycles. The van der Waals surface area contributed by atoms with Gasteiger partial charge in [0.1, 0.15) is 5.60 Å². The van der Waals surface area contributed by atoms with Crippen LogP contribution in [0.2, 0.25) is 0 Å². The number of hydrogen-bond acceptors (Lipinski definition) is 2.